The number of amides is 1. The Kier molecular flexibility index (Phi) is 6.86. The van der Waals surface area contributed by atoms with E-state index in [1.807, 2.05) is 6.26 Å². The number of nitrogens with one attached hydrogen (secondary N) is 1. The van der Waals surface area contributed by atoms with Gasteiger partial charge in [0, 0.05) is 19.8 Å². The van der Waals surface area contributed by atoms with Crippen LogP contribution in [-0.2, 0) is 14.8 Å². The van der Waals surface area contributed by atoms with Crippen molar-refractivity contribution in [2.75, 3.05) is 31.4 Å². The normalized spacial score (nSPS) is 11.7. The van der Waals surface area contributed by atoms with Gasteiger partial charge in [0.2, 0.25) is 15.9 Å². The number of nitrogens with zero attached hydrogens (tertiary/aromatic N) is 3. The Morgan fingerprint density at radius 1 is 1.28 bits per heavy atom. The second-order valence-corrected chi connectivity index (χ2v) is 10.5. The topological polar surface area (TPSA) is 92.3 Å². The third-order valence-corrected chi connectivity index (χ3v) is 8.11. The maximum Gasteiger partial charge on any atom is 0.242 e. The number of sulfonamides is 1. The Morgan fingerprint density at radius 2 is 1.96 bits per heavy atom. The average Bonchev–Trinajstić information content (AvgIpc) is 3.02. The van der Waals surface area contributed by atoms with Gasteiger partial charge in [0.05, 0.1) is 10.6 Å². The molecule has 1 heterocycles. The molecule has 11 heteroatoms. The molecule has 136 valence electrons. The summed E-state index contributed by atoms with van der Waals surface area (Å²) >= 11 is 4.23. The summed E-state index contributed by atoms with van der Waals surface area (Å²) in [7, 11) is -0.616. The fourth-order valence-electron chi connectivity index (χ4n) is 1.81. The van der Waals surface area contributed by atoms with Gasteiger partial charge in [-0.15, -0.1) is 10.2 Å². The van der Waals surface area contributed by atoms with Crippen molar-refractivity contribution in [1.82, 2.24) is 14.5 Å². The van der Waals surface area contributed by atoms with Crippen LogP contribution in [0.1, 0.15) is 5.56 Å². The Hall–Kier alpha value is -1.14. The first-order valence-corrected chi connectivity index (χ1v) is 11.5. The molecule has 0 saturated heterocycles. The van der Waals surface area contributed by atoms with Crippen LogP contribution in [0, 0.1) is 6.92 Å². The van der Waals surface area contributed by atoms with Crippen LogP contribution in [0.15, 0.2) is 31.8 Å². The van der Waals surface area contributed by atoms with Crippen LogP contribution in [0.2, 0.25) is 0 Å². The van der Waals surface area contributed by atoms with E-state index < -0.39 is 10.0 Å². The lowest BCUT2D eigenvalue weighted by molar-refractivity contribution is -0.113. The number of carbonyl (C=O) groups is 1. The zero-order chi connectivity index (χ0) is 18.6. The summed E-state index contributed by atoms with van der Waals surface area (Å²) in [5, 5.41) is 10.7. The van der Waals surface area contributed by atoms with Crippen LogP contribution in [0.5, 0.6) is 0 Å². The summed E-state index contributed by atoms with van der Waals surface area (Å²) in [6.07, 6.45) is 1.92. The van der Waals surface area contributed by atoms with E-state index in [2.05, 4.69) is 15.5 Å². The van der Waals surface area contributed by atoms with Crippen molar-refractivity contribution in [2.45, 2.75) is 20.5 Å². The average molecular weight is 419 g/mol. The lowest BCUT2D eigenvalue weighted by Crippen LogP contribution is -2.23. The highest BCUT2D eigenvalue weighted by molar-refractivity contribution is 8.03. The fraction of sp³-hybridized carbons (Fsp3) is 0.357. The van der Waals surface area contributed by atoms with E-state index >= 15 is 0 Å². The molecule has 0 radical (unpaired) electrons. The van der Waals surface area contributed by atoms with E-state index in [-0.39, 0.29) is 16.6 Å². The molecule has 0 spiro atoms. The van der Waals surface area contributed by atoms with Gasteiger partial charge in [-0.05, 0) is 30.9 Å². The summed E-state index contributed by atoms with van der Waals surface area (Å²) in [4.78, 5) is 12.3. The Bertz CT molecular complexity index is 865. The zero-order valence-corrected chi connectivity index (χ0v) is 17.4. The molecular formula is C14H18N4O3S4. The predicted molar refractivity (Wildman–Crippen MR) is 103 cm³/mol. The SMILES string of the molecule is CSc1nnc(SCC(=O)Nc2ccc(C)c(S(=O)(=O)N(C)C)c2)s1. The van der Waals surface area contributed by atoms with Crippen LogP contribution in [-0.4, -0.2) is 54.9 Å². The summed E-state index contributed by atoms with van der Waals surface area (Å²) in [5.74, 6) is -0.0601. The number of rotatable bonds is 7. The molecule has 0 fully saturated rings. The smallest absolute Gasteiger partial charge is 0.242 e. The van der Waals surface area contributed by atoms with Crippen molar-refractivity contribution in [1.29, 1.82) is 0 Å². The quantitative estimate of drug-likeness (QED) is 0.691. The number of benzene rings is 1. The zero-order valence-electron chi connectivity index (χ0n) is 14.1. The highest BCUT2D eigenvalue weighted by atomic mass is 32.2. The van der Waals surface area contributed by atoms with E-state index in [1.165, 1.54) is 55.0 Å². The second kappa shape index (κ2) is 8.49. The van der Waals surface area contributed by atoms with Gasteiger partial charge in [-0.3, -0.25) is 4.79 Å². The Balaban J connectivity index is 2.06. The number of aromatic nitrogens is 2. The second-order valence-electron chi connectivity index (χ2n) is 5.14. The first-order valence-electron chi connectivity index (χ1n) is 7.07. The molecule has 0 aliphatic heterocycles. The van der Waals surface area contributed by atoms with Crippen molar-refractivity contribution in [3.63, 3.8) is 0 Å². The molecule has 0 saturated carbocycles. The minimum Gasteiger partial charge on any atom is -0.325 e. The van der Waals surface area contributed by atoms with Crippen LogP contribution < -0.4 is 5.32 Å². The van der Waals surface area contributed by atoms with Gasteiger partial charge in [0.15, 0.2) is 8.68 Å². The number of hydrogen-bond acceptors (Lipinski definition) is 8. The van der Waals surface area contributed by atoms with Crippen LogP contribution >= 0.6 is 34.9 Å². The largest absolute Gasteiger partial charge is 0.325 e. The highest BCUT2D eigenvalue weighted by Gasteiger charge is 2.20. The van der Waals surface area contributed by atoms with E-state index in [4.69, 9.17) is 0 Å². The lowest BCUT2D eigenvalue weighted by Gasteiger charge is -2.15. The van der Waals surface area contributed by atoms with Crippen molar-refractivity contribution >= 4 is 56.5 Å². The molecule has 0 bridgehead atoms. The van der Waals surface area contributed by atoms with Gasteiger partial charge in [0.25, 0.3) is 0 Å². The molecule has 1 N–H and O–H groups in total. The minimum absolute atomic E-state index is 0.173. The molecule has 0 unspecified atom stereocenters. The third-order valence-electron chi connectivity index (χ3n) is 3.12. The molecule has 1 aromatic heterocycles. The van der Waals surface area contributed by atoms with Gasteiger partial charge in [-0.25, -0.2) is 12.7 Å². The van der Waals surface area contributed by atoms with Gasteiger partial charge in [0.1, 0.15) is 0 Å². The molecule has 1 aromatic carbocycles. The number of carbonyl (C=O) groups excluding carboxylic acids is 1. The van der Waals surface area contributed by atoms with Crippen LogP contribution in [0.3, 0.4) is 0 Å². The molecule has 2 rings (SSSR count). The number of aryl methyl sites for hydroxylation is 1. The first-order chi connectivity index (χ1) is 11.7. The summed E-state index contributed by atoms with van der Waals surface area (Å²) in [5.41, 5.74) is 1.07. The third kappa shape index (κ3) is 5.17. The first kappa shape index (κ1) is 20.2. The van der Waals surface area contributed by atoms with Gasteiger partial charge >= 0.3 is 0 Å². The Morgan fingerprint density at radius 3 is 2.56 bits per heavy atom. The maximum atomic E-state index is 12.3. The molecule has 0 aliphatic rings. The van der Waals surface area contributed by atoms with E-state index in [0.717, 1.165) is 13.0 Å². The highest BCUT2D eigenvalue weighted by Crippen LogP contribution is 2.27. The molecule has 25 heavy (non-hydrogen) atoms. The maximum absolute atomic E-state index is 12.3. The van der Waals surface area contributed by atoms with E-state index in [0.29, 0.717) is 11.3 Å². The van der Waals surface area contributed by atoms with Crippen molar-refractivity contribution in [3.05, 3.63) is 23.8 Å². The van der Waals surface area contributed by atoms with Gasteiger partial charge < -0.3 is 5.32 Å². The lowest BCUT2D eigenvalue weighted by atomic mass is 10.2. The molecule has 0 aliphatic carbocycles. The summed E-state index contributed by atoms with van der Waals surface area (Å²) in [6.45, 7) is 1.72. The summed E-state index contributed by atoms with van der Waals surface area (Å²) in [6, 6.07) is 4.84. The summed E-state index contributed by atoms with van der Waals surface area (Å²) < 4.78 is 27.4. The predicted octanol–water partition coefficient (Wildman–Crippen LogP) is 2.55. The molecule has 2 aromatic rings. The molecule has 0 atom stereocenters. The van der Waals surface area contributed by atoms with Crippen LogP contribution in [0.4, 0.5) is 5.69 Å². The van der Waals surface area contributed by atoms with E-state index in [9.17, 15) is 13.2 Å². The minimum atomic E-state index is -3.56. The standard InChI is InChI=1S/C14H18N4O3S4/c1-9-5-6-10(7-11(9)25(20,21)18(2)3)15-12(19)8-23-14-17-16-13(22-4)24-14/h5-7H,8H2,1-4H3,(H,15,19). The molecule has 1 amide bonds. The fourth-order valence-corrected chi connectivity index (χ4v) is 5.20. The Labute approximate surface area is 159 Å². The molecule has 7 nitrogen and oxygen atoms in total. The molecular weight excluding hydrogens is 400 g/mol. The van der Waals surface area contributed by atoms with Crippen molar-refractivity contribution in [2.24, 2.45) is 0 Å². The van der Waals surface area contributed by atoms with Crippen molar-refractivity contribution in [3.8, 4) is 0 Å². The number of hydrogen-bond donors (Lipinski definition) is 1. The van der Waals surface area contributed by atoms with Gasteiger partial charge in [-0.2, -0.15) is 0 Å². The van der Waals surface area contributed by atoms with Gasteiger partial charge in [-0.1, -0.05) is 40.9 Å². The van der Waals surface area contributed by atoms with Crippen molar-refractivity contribution < 1.29 is 13.2 Å². The number of anilines is 1. The number of thioether (sulfide) groups is 2. The monoisotopic (exact) mass is 418 g/mol. The van der Waals surface area contributed by atoms with E-state index in [1.54, 1.807) is 19.1 Å². The van der Waals surface area contributed by atoms with Crippen LogP contribution in [0.25, 0.3) is 0 Å².